The van der Waals surface area contributed by atoms with Crippen LogP contribution in [0.3, 0.4) is 0 Å². The van der Waals surface area contributed by atoms with Gasteiger partial charge in [-0.05, 0) is 31.5 Å². The summed E-state index contributed by atoms with van der Waals surface area (Å²) in [6, 6.07) is 15.5. The van der Waals surface area contributed by atoms with Crippen LogP contribution in [0.5, 0.6) is 0 Å². The highest BCUT2D eigenvalue weighted by Crippen LogP contribution is 2.54. The Morgan fingerprint density at radius 3 is 2.50 bits per heavy atom. The van der Waals surface area contributed by atoms with E-state index in [1.807, 2.05) is 31.3 Å². The molecule has 0 saturated carbocycles. The number of benzene rings is 3. The lowest BCUT2D eigenvalue weighted by Gasteiger charge is -2.50. The summed E-state index contributed by atoms with van der Waals surface area (Å²) in [4.78, 5) is 28.5. The van der Waals surface area contributed by atoms with Crippen LogP contribution in [0.4, 0.5) is 0 Å². The number of fused-ring (bicyclic) bond motifs is 13. The third kappa shape index (κ3) is 2.67. The third-order valence-corrected chi connectivity index (χ3v) is 9.43. The molecule has 5 heterocycles. The lowest BCUT2D eigenvalue weighted by molar-refractivity contribution is -0.266. The van der Waals surface area contributed by atoms with Crippen LogP contribution in [-0.4, -0.2) is 58.2 Å². The molecule has 2 bridgehead atoms. The quantitative estimate of drug-likeness (QED) is 0.363. The van der Waals surface area contributed by atoms with Gasteiger partial charge < -0.3 is 34.6 Å². The minimum atomic E-state index is -0.979. The van der Waals surface area contributed by atoms with E-state index < -0.39 is 24.1 Å². The molecule has 8 rings (SSSR count). The zero-order valence-electron chi connectivity index (χ0n) is 22.9. The van der Waals surface area contributed by atoms with Crippen LogP contribution in [0.1, 0.15) is 42.4 Å². The molecule has 0 spiro atoms. The second kappa shape index (κ2) is 7.84. The Morgan fingerprint density at radius 2 is 1.80 bits per heavy atom. The van der Waals surface area contributed by atoms with Gasteiger partial charge in [-0.3, -0.25) is 9.59 Å². The minimum absolute atomic E-state index is 0.0501. The van der Waals surface area contributed by atoms with Gasteiger partial charge in [0.05, 0.1) is 39.7 Å². The molecule has 3 aromatic carbocycles. The first-order valence-corrected chi connectivity index (χ1v) is 13.8. The monoisotopic (exact) mass is 537 g/mol. The van der Waals surface area contributed by atoms with E-state index in [0.29, 0.717) is 13.0 Å². The summed E-state index contributed by atoms with van der Waals surface area (Å²) in [7, 11) is 3.49. The van der Waals surface area contributed by atoms with Crippen molar-refractivity contribution in [2.45, 2.75) is 57.0 Å². The van der Waals surface area contributed by atoms with Crippen molar-refractivity contribution in [3.8, 4) is 0 Å². The summed E-state index contributed by atoms with van der Waals surface area (Å²) >= 11 is 0. The van der Waals surface area contributed by atoms with E-state index in [2.05, 4.69) is 45.6 Å². The summed E-state index contributed by atoms with van der Waals surface area (Å²) < 4.78 is 17.9. The minimum Gasteiger partial charge on any atom is -0.374 e. The predicted octanol–water partition coefficient (Wildman–Crippen LogP) is 3.94. The van der Waals surface area contributed by atoms with Crippen LogP contribution in [0.2, 0.25) is 0 Å². The summed E-state index contributed by atoms with van der Waals surface area (Å²) in [5.41, 5.74) is 10.8. The third-order valence-electron chi connectivity index (χ3n) is 9.43. The Hall–Kier alpha value is -3.92. The molecule has 5 aromatic rings. The number of nitrogens with zero attached hydrogens (tertiary/aromatic N) is 3. The predicted molar refractivity (Wildman–Crippen MR) is 153 cm³/mol. The van der Waals surface area contributed by atoms with Gasteiger partial charge in [-0.25, -0.2) is 0 Å². The summed E-state index contributed by atoms with van der Waals surface area (Å²) in [6.07, 6.45) is -0.407. The summed E-state index contributed by atoms with van der Waals surface area (Å²) in [5, 5.41) is 7.19. The number of amides is 2. The maximum absolute atomic E-state index is 13.5. The molecule has 204 valence electrons. The first kappa shape index (κ1) is 23.9. The van der Waals surface area contributed by atoms with Gasteiger partial charge in [-0.1, -0.05) is 36.4 Å². The zero-order chi connectivity index (χ0) is 27.7. The number of ether oxygens (including phenoxy) is 2. The molecule has 1 fully saturated rings. The topological polar surface area (TPSA) is 104 Å². The molecule has 9 nitrogen and oxygen atoms in total. The molecule has 3 unspecified atom stereocenters. The van der Waals surface area contributed by atoms with Crippen molar-refractivity contribution in [1.82, 2.24) is 19.4 Å². The smallest absolute Gasteiger partial charge is 0.252 e. The molecule has 9 heteroatoms. The van der Waals surface area contributed by atoms with Crippen LogP contribution >= 0.6 is 0 Å². The van der Waals surface area contributed by atoms with Crippen LogP contribution in [0.25, 0.3) is 43.6 Å². The summed E-state index contributed by atoms with van der Waals surface area (Å²) in [5.74, 6) is -0.196. The van der Waals surface area contributed by atoms with E-state index in [1.165, 1.54) is 0 Å². The number of nitrogens with one attached hydrogen (secondary N) is 1. The average molecular weight is 538 g/mol. The van der Waals surface area contributed by atoms with Crippen molar-refractivity contribution < 1.29 is 19.1 Å². The summed E-state index contributed by atoms with van der Waals surface area (Å²) in [6.45, 7) is 4.24. The molecule has 0 aliphatic carbocycles. The van der Waals surface area contributed by atoms with Gasteiger partial charge in [-0.2, -0.15) is 0 Å². The molecule has 5 atom stereocenters. The van der Waals surface area contributed by atoms with Crippen molar-refractivity contribution in [1.29, 1.82) is 0 Å². The van der Waals surface area contributed by atoms with Crippen LogP contribution < -0.4 is 11.1 Å². The molecular formula is C31H31N5O4. The van der Waals surface area contributed by atoms with E-state index in [1.54, 1.807) is 18.9 Å². The molecule has 2 aromatic heterocycles. The average Bonchev–Trinajstić information content (AvgIpc) is 3.59. The van der Waals surface area contributed by atoms with E-state index in [-0.39, 0.29) is 17.9 Å². The Balaban J connectivity index is 1.60. The number of rotatable bonds is 3. The van der Waals surface area contributed by atoms with Crippen molar-refractivity contribution in [3.05, 3.63) is 59.7 Å². The zero-order valence-corrected chi connectivity index (χ0v) is 22.9. The molecule has 40 heavy (non-hydrogen) atoms. The van der Waals surface area contributed by atoms with Crippen LogP contribution in [0, 0.1) is 0 Å². The number of methoxy groups -OCH3 is 1. The van der Waals surface area contributed by atoms with Crippen LogP contribution in [0.15, 0.2) is 48.5 Å². The van der Waals surface area contributed by atoms with Crippen molar-refractivity contribution in [2.75, 3.05) is 14.2 Å². The van der Waals surface area contributed by atoms with E-state index in [4.69, 9.17) is 15.2 Å². The highest BCUT2D eigenvalue weighted by Gasteiger charge is 2.55. The molecule has 0 radical (unpaired) electrons. The maximum atomic E-state index is 13.5. The number of hydrogen-bond donors (Lipinski definition) is 2. The normalized spacial score (nSPS) is 26.0. The largest absolute Gasteiger partial charge is 0.374 e. The van der Waals surface area contributed by atoms with Gasteiger partial charge in [0.25, 0.3) is 5.91 Å². The number of nitrogens with two attached hydrogens (primary N) is 1. The second-order valence-corrected chi connectivity index (χ2v) is 11.5. The SMILES string of the molecule is COC1C(N(C)C(=O)C(C)N)C[C@@H]2O[C@@]1(C)n1c3ccccc3c3c4c(c5c6ccccc6n2c5c31)C(=O)NC4. The Bertz CT molecular complexity index is 1940. The van der Waals surface area contributed by atoms with Gasteiger partial charge >= 0.3 is 0 Å². The van der Waals surface area contributed by atoms with Gasteiger partial charge in [0.15, 0.2) is 5.72 Å². The number of carbonyl (C=O) groups excluding carboxylic acids is 2. The number of carbonyl (C=O) groups is 2. The number of aromatic nitrogens is 2. The molecule has 3 N–H and O–H groups in total. The number of likely N-dealkylation sites (N-methyl/N-ethyl adjacent to an activating group) is 1. The Morgan fingerprint density at radius 1 is 1.12 bits per heavy atom. The lowest BCUT2D eigenvalue weighted by atomic mass is 9.91. The molecule has 1 saturated heterocycles. The van der Waals surface area contributed by atoms with Crippen LogP contribution in [-0.2, 0) is 26.5 Å². The van der Waals surface area contributed by atoms with Gasteiger partial charge in [0.2, 0.25) is 5.91 Å². The van der Waals surface area contributed by atoms with E-state index in [0.717, 1.165) is 54.7 Å². The Kier molecular flexibility index (Phi) is 4.69. The van der Waals surface area contributed by atoms with Crippen molar-refractivity contribution in [3.63, 3.8) is 0 Å². The van der Waals surface area contributed by atoms with Gasteiger partial charge in [0, 0.05) is 48.7 Å². The molecule has 3 aliphatic heterocycles. The molecule has 2 amide bonds. The second-order valence-electron chi connectivity index (χ2n) is 11.5. The van der Waals surface area contributed by atoms with Crippen molar-refractivity contribution >= 4 is 55.4 Å². The number of para-hydroxylation sites is 2. The van der Waals surface area contributed by atoms with E-state index >= 15 is 0 Å². The standard InChI is InChI=1S/C31H31N5O4/c1-15(32)30(38)34(3)21-13-22-35-19-11-7-5-9-16(19)24-25-18(14-33-29(25)37)23-17-10-6-8-12-20(17)36(27(23)26(24)35)31(2,40-22)28(21)39-4/h5-12,15,21-22,28H,13-14,32H2,1-4H3,(H,33,37)/t15?,21?,22-,28?,31+/m0/s1. The van der Waals surface area contributed by atoms with E-state index in [9.17, 15) is 9.59 Å². The fourth-order valence-corrected chi connectivity index (χ4v) is 7.88. The fourth-order valence-electron chi connectivity index (χ4n) is 7.88. The molecular weight excluding hydrogens is 506 g/mol. The number of hydrogen-bond acceptors (Lipinski definition) is 5. The fraction of sp³-hybridized carbons (Fsp3) is 0.355. The van der Waals surface area contributed by atoms with Crippen molar-refractivity contribution in [2.24, 2.45) is 5.73 Å². The van der Waals surface area contributed by atoms with Gasteiger partial charge in [0.1, 0.15) is 12.3 Å². The maximum Gasteiger partial charge on any atom is 0.252 e. The molecule has 3 aliphatic rings. The first-order chi connectivity index (χ1) is 19.3. The highest BCUT2D eigenvalue weighted by atomic mass is 16.6. The highest BCUT2D eigenvalue weighted by molar-refractivity contribution is 6.31. The first-order valence-electron chi connectivity index (χ1n) is 13.8. The van der Waals surface area contributed by atoms with Gasteiger partial charge in [-0.15, -0.1) is 0 Å². The lowest BCUT2D eigenvalue weighted by Crippen LogP contribution is -2.62. The Labute approximate surface area is 230 Å².